The molecule has 0 unspecified atom stereocenters. The van der Waals surface area contributed by atoms with Crippen molar-refractivity contribution in [3.8, 4) is 11.1 Å². The first-order chi connectivity index (χ1) is 8.63. The third-order valence-electron chi connectivity index (χ3n) is 3.34. The Morgan fingerprint density at radius 3 is 2.67 bits per heavy atom. The minimum atomic E-state index is 0.490. The van der Waals surface area contributed by atoms with Gasteiger partial charge in [0.05, 0.1) is 5.56 Å². The van der Waals surface area contributed by atoms with Crippen molar-refractivity contribution in [2.45, 2.75) is 40.0 Å². The second-order valence-electron chi connectivity index (χ2n) is 4.77. The Balaban J connectivity index is 2.42. The second kappa shape index (κ2) is 5.25. The molecule has 0 atom stereocenters. The van der Waals surface area contributed by atoms with E-state index in [0.29, 0.717) is 5.82 Å². The Labute approximate surface area is 108 Å². The summed E-state index contributed by atoms with van der Waals surface area (Å²) in [6.45, 7) is 6.37. The first-order valence-corrected chi connectivity index (χ1v) is 6.45. The van der Waals surface area contributed by atoms with Crippen LogP contribution in [0.5, 0.6) is 0 Å². The molecule has 2 N–H and O–H groups in total. The van der Waals surface area contributed by atoms with Gasteiger partial charge in [-0.15, -0.1) is 0 Å². The molecule has 0 spiro atoms. The number of hydrogen-bond donors (Lipinski definition) is 1. The molecule has 1 aromatic heterocycles. The van der Waals surface area contributed by atoms with Crippen LogP contribution in [0.15, 0.2) is 22.7 Å². The molecule has 3 heteroatoms. The first-order valence-electron chi connectivity index (χ1n) is 6.45. The smallest absolute Gasteiger partial charge is 0.175 e. The molecule has 0 fully saturated rings. The van der Waals surface area contributed by atoms with Crippen molar-refractivity contribution in [3.63, 3.8) is 0 Å². The lowest BCUT2D eigenvalue weighted by Crippen LogP contribution is -1.92. The van der Waals surface area contributed by atoms with Crippen LogP contribution in [0.2, 0.25) is 0 Å². The van der Waals surface area contributed by atoms with E-state index in [-0.39, 0.29) is 0 Å². The number of aryl methyl sites for hydroxylation is 3. The lowest BCUT2D eigenvalue weighted by molar-refractivity contribution is 0.383. The zero-order valence-electron chi connectivity index (χ0n) is 11.3. The summed E-state index contributed by atoms with van der Waals surface area (Å²) in [6.07, 6.45) is 3.11. The quantitative estimate of drug-likeness (QED) is 0.887. The average Bonchev–Trinajstić information content (AvgIpc) is 2.71. The van der Waals surface area contributed by atoms with Gasteiger partial charge in [0.1, 0.15) is 5.76 Å². The number of aromatic nitrogens is 1. The van der Waals surface area contributed by atoms with E-state index >= 15 is 0 Å². The average molecular weight is 244 g/mol. The first kappa shape index (κ1) is 12.7. The lowest BCUT2D eigenvalue weighted by atomic mass is 9.99. The highest BCUT2D eigenvalue weighted by Crippen LogP contribution is 2.31. The summed E-state index contributed by atoms with van der Waals surface area (Å²) < 4.78 is 5.35. The summed E-state index contributed by atoms with van der Waals surface area (Å²) >= 11 is 0. The van der Waals surface area contributed by atoms with E-state index in [1.54, 1.807) is 0 Å². The fraction of sp³-hybridized carbons (Fsp3) is 0.400. The molecule has 0 amide bonds. The van der Waals surface area contributed by atoms with Gasteiger partial charge in [-0.1, -0.05) is 36.7 Å². The molecule has 18 heavy (non-hydrogen) atoms. The van der Waals surface area contributed by atoms with Crippen molar-refractivity contribution >= 4 is 5.82 Å². The number of anilines is 1. The van der Waals surface area contributed by atoms with Crippen LogP contribution in [0.1, 0.15) is 36.7 Å². The molecule has 1 aromatic carbocycles. The van der Waals surface area contributed by atoms with Crippen LogP contribution in [-0.2, 0) is 6.42 Å². The summed E-state index contributed by atoms with van der Waals surface area (Å²) in [5.74, 6) is 1.39. The maximum absolute atomic E-state index is 5.93. The van der Waals surface area contributed by atoms with E-state index in [4.69, 9.17) is 10.3 Å². The molecular weight excluding hydrogens is 224 g/mol. The molecule has 0 saturated carbocycles. The normalized spacial score (nSPS) is 10.8. The topological polar surface area (TPSA) is 52.0 Å². The number of benzene rings is 1. The molecule has 96 valence electrons. The van der Waals surface area contributed by atoms with Gasteiger partial charge >= 0.3 is 0 Å². The van der Waals surface area contributed by atoms with Crippen LogP contribution >= 0.6 is 0 Å². The van der Waals surface area contributed by atoms with Crippen molar-refractivity contribution in [1.29, 1.82) is 0 Å². The predicted octanol–water partition coefficient (Wildman–Crippen LogP) is 3.88. The molecule has 0 bridgehead atoms. The standard InChI is InChI=1S/C15H20N2O/c1-4-5-6-13-14(15(16)17-18-13)12-8-7-10(2)11(3)9-12/h7-9H,4-6H2,1-3H3,(H2,16,17). The molecule has 1 heterocycles. The van der Waals surface area contributed by atoms with Crippen LogP contribution < -0.4 is 5.73 Å². The minimum absolute atomic E-state index is 0.490. The highest BCUT2D eigenvalue weighted by atomic mass is 16.5. The van der Waals surface area contributed by atoms with E-state index in [9.17, 15) is 0 Å². The molecule has 2 aromatic rings. The van der Waals surface area contributed by atoms with Crippen molar-refractivity contribution in [1.82, 2.24) is 5.16 Å². The third-order valence-corrected chi connectivity index (χ3v) is 3.34. The van der Waals surface area contributed by atoms with Crippen LogP contribution in [0.25, 0.3) is 11.1 Å². The number of rotatable bonds is 4. The summed E-state index contributed by atoms with van der Waals surface area (Å²) in [5, 5.41) is 3.90. The molecule has 0 aliphatic heterocycles. The van der Waals surface area contributed by atoms with Gasteiger partial charge < -0.3 is 10.3 Å². The summed E-state index contributed by atoms with van der Waals surface area (Å²) in [6, 6.07) is 6.34. The van der Waals surface area contributed by atoms with Gasteiger partial charge in [0.15, 0.2) is 5.82 Å². The molecule has 2 rings (SSSR count). The van der Waals surface area contributed by atoms with Gasteiger partial charge in [0, 0.05) is 6.42 Å². The van der Waals surface area contributed by atoms with E-state index < -0.39 is 0 Å². The second-order valence-corrected chi connectivity index (χ2v) is 4.77. The number of nitrogens with two attached hydrogens (primary N) is 1. The largest absolute Gasteiger partial charge is 0.380 e. The maximum Gasteiger partial charge on any atom is 0.175 e. The molecule has 3 nitrogen and oxygen atoms in total. The van der Waals surface area contributed by atoms with Gasteiger partial charge in [0.25, 0.3) is 0 Å². The highest BCUT2D eigenvalue weighted by Gasteiger charge is 2.15. The predicted molar refractivity (Wildman–Crippen MR) is 74.4 cm³/mol. The van der Waals surface area contributed by atoms with Crippen molar-refractivity contribution < 1.29 is 4.52 Å². The minimum Gasteiger partial charge on any atom is -0.380 e. The van der Waals surface area contributed by atoms with Crippen molar-refractivity contribution in [2.75, 3.05) is 5.73 Å². The Hall–Kier alpha value is -1.77. The monoisotopic (exact) mass is 244 g/mol. The van der Waals surface area contributed by atoms with Crippen molar-refractivity contribution in [2.24, 2.45) is 0 Å². The molecule has 0 saturated heterocycles. The Kier molecular flexibility index (Phi) is 3.70. The van der Waals surface area contributed by atoms with E-state index in [1.165, 1.54) is 11.1 Å². The number of hydrogen-bond acceptors (Lipinski definition) is 3. The van der Waals surface area contributed by atoms with E-state index in [2.05, 4.69) is 44.1 Å². The van der Waals surface area contributed by atoms with Crippen molar-refractivity contribution in [3.05, 3.63) is 35.1 Å². The van der Waals surface area contributed by atoms with Crippen LogP contribution in [0, 0.1) is 13.8 Å². The number of nitrogens with zero attached hydrogens (tertiary/aromatic N) is 1. The summed E-state index contributed by atoms with van der Waals surface area (Å²) in [7, 11) is 0. The van der Waals surface area contributed by atoms with Crippen LogP contribution in [0.3, 0.4) is 0 Å². The zero-order chi connectivity index (χ0) is 13.1. The van der Waals surface area contributed by atoms with Gasteiger partial charge in [-0.05, 0) is 37.0 Å². The summed E-state index contributed by atoms with van der Waals surface area (Å²) in [5.41, 5.74) is 10.5. The lowest BCUT2D eigenvalue weighted by Gasteiger charge is -2.05. The van der Waals surface area contributed by atoms with E-state index in [1.807, 2.05) is 0 Å². The van der Waals surface area contributed by atoms with Crippen LogP contribution in [0.4, 0.5) is 5.82 Å². The fourth-order valence-corrected chi connectivity index (χ4v) is 2.05. The van der Waals surface area contributed by atoms with Gasteiger partial charge in [-0.2, -0.15) is 0 Å². The Morgan fingerprint density at radius 2 is 2.00 bits per heavy atom. The summed E-state index contributed by atoms with van der Waals surface area (Å²) in [4.78, 5) is 0. The highest BCUT2D eigenvalue weighted by molar-refractivity contribution is 5.76. The van der Waals surface area contributed by atoms with Gasteiger partial charge in [-0.3, -0.25) is 0 Å². The SMILES string of the molecule is CCCCc1onc(N)c1-c1ccc(C)c(C)c1. The fourth-order valence-electron chi connectivity index (χ4n) is 2.05. The molecule has 0 radical (unpaired) electrons. The third kappa shape index (κ3) is 2.40. The Morgan fingerprint density at radius 1 is 1.22 bits per heavy atom. The molecular formula is C15H20N2O. The molecule has 0 aliphatic carbocycles. The Bertz CT molecular complexity index is 543. The maximum atomic E-state index is 5.93. The zero-order valence-corrected chi connectivity index (χ0v) is 11.3. The van der Waals surface area contributed by atoms with Gasteiger partial charge in [0.2, 0.25) is 0 Å². The van der Waals surface area contributed by atoms with E-state index in [0.717, 1.165) is 36.1 Å². The van der Waals surface area contributed by atoms with Crippen LogP contribution in [-0.4, -0.2) is 5.16 Å². The molecule has 0 aliphatic rings. The number of nitrogen functional groups attached to an aromatic ring is 1. The number of unbranched alkanes of at least 4 members (excludes halogenated alkanes) is 1. The van der Waals surface area contributed by atoms with Gasteiger partial charge in [-0.25, -0.2) is 0 Å².